The molecule has 0 radical (unpaired) electrons. The summed E-state index contributed by atoms with van der Waals surface area (Å²) in [4.78, 5) is 41.6. The fourth-order valence-electron chi connectivity index (χ4n) is 3.50. The van der Waals surface area contributed by atoms with E-state index >= 15 is 0 Å². The minimum Gasteiger partial charge on any atom is -0.462 e. The largest absolute Gasteiger partial charge is 0.462 e. The van der Waals surface area contributed by atoms with Crippen LogP contribution < -0.4 is 10.2 Å². The van der Waals surface area contributed by atoms with Crippen molar-refractivity contribution in [1.82, 2.24) is 4.98 Å². The van der Waals surface area contributed by atoms with Crippen LogP contribution in [0.5, 0.6) is 0 Å². The summed E-state index contributed by atoms with van der Waals surface area (Å²) in [5.74, 6) is -0.741. The summed E-state index contributed by atoms with van der Waals surface area (Å²) in [5, 5.41) is 2.94. The monoisotopic (exact) mass is 414 g/mol. The quantitative estimate of drug-likeness (QED) is 0.433. The van der Waals surface area contributed by atoms with E-state index in [-0.39, 0.29) is 24.8 Å². The number of likely N-dealkylation sites (N-methyl/N-ethyl adjacent to an activating group) is 1. The average molecular weight is 415 g/mol. The number of benzene rings is 1. The topological polar surface area (TPSA) is 92.7 Å². The molecule has 3 N–H and O–H groups in total. The van der Waals surface area contributed by atoms with Crippen molar-refractivity contribution >= 4 is 23.3 Å². The molecule has 0 saturated heterocycles. The van der Waals surface area contributed by atoms with E-state index in [0.29, 0.717) is 22.5 Å². The number of aryl methyl sites for hydroxylation is 2. The number of aromatic amines is 1. The summed E-state index contributed by atoms with van der Waals surface area (Å²) in [6.45, 7) is 9.46. The summed E-state index contributed by atoms with van der Waals surface area (Å²) in [7, 11) is 1.81. The van der Waals surface area contributed by atoms with E-state index in [9.17, 15) is 14.4 Å². The summed E-state index contributed by atoms with van der Waals surface area (Å²) in [6, 6.07) is 7.22. The first-order valence-electron chi connectivity index (χ1n) is 10.3. The standard InChI is InChI=1S/C23H31N3O4/c1-7-17-11-9-10-12-18(17)25-19(27)13-26(6)16(5)22(28)21-14(3)20(15(4)24-21)23(29)30-8-2/h9-12,16,24H,7-8,13H2,1-6H3,(H,25,27)/p+1/t16-/m0/s1. The lowest BCUT2D eigenvalue weighted by Gasteiger charge is -2.20. The Balaban J connectivity index is 2.10. The number of anilines is 1. The molecule has 1 amide bonds. The minimum atomic E-state index is -0.469. The van der Waals surface area contributed by atoms with Crippen molar-refractivity contribution in [2.75, 3.05) is 25.5 Å². The molecule has 2 atom stereocenters. The number of ketones is 1. The van der Waals surface area contributed by atoms with Gasteiger partial charge >= 0.3 is 5.97 Å². The Labute approximate surface area is 177 Å². The predicted molar refractivity (Wildman–Crippen MR) is 116 cm³/mol. The molecule has 162 valence electrons. The Morgan fingerprint density at radius 3 is 2.47 bits per heavy atom. The van der Waals surface area contributed by atoms with Gasteiger partial charge in [0.2, 0.25) is 5.78 Å². The normalized spacial score (nSPS) is 12.9. The van der Waals surface area contributed by atoms with Gasteiger partial charge in [-0.15, -0.1) is 0 Å². The Morgan fingerprint density at radius 1 is 1.17 bits per heavy atom. The summed E-state index contributed by atoms with van der Waals surface area (Å²) >= 11 is 0. The van der Waals surface area contributed by atoms with E-state index in [4.69, 9.17) is 4.74 Å². The van der Waals surface area contributed by atoms with Gasteiger partial charge in [0.25, 0.3) is 5.91 Å². The Kier molecular flexibility index (Phi) is 7.94. The van der Waals surface area contributed by atoms with Crippen LogP contribution in [0.1, 0.15) is 58.4 Å². The zero-order chi connectivity index (χ0) is 22.4. The number of para-hydroxylation sites is 1. The molecule has 30 heavy (non-hydrogen) atoms. The maximum Gasteiger partial charge on any atom is 0.340 e. The van der Waals surface area contributed by atoms with Gasteiger partial charge in [-0.05, 0) is 51.3 Å². The number of hydrogen-bond donors (Lipinski definition) is 3. The first-order chi connectivity index (χ1) is 14.2. The zero-order valence-electron chi connectivity index (χ0n) is 18.6. The van der Waals surface area contributed by atoms with Crippen molar-refractivity contribution < 1.29 is 24.0 Å². The molecular weight excluding hydrogens is 382 g/mol. The molecule has 7 heteroatoms. The maximum absolute atomic E-state index is 13.1. The zero-order valence-corrected chi connectivity index (χ0v) is 18.6. The van der Waals surface area contributed by atoms with E-state index in [2.05, 4.69) is 10.3 Å². The molecule has 1 heterocycles. The van der Waals surface area contributed by atoms with Gasteiger partial charge in [-0.25, -0.2) is 4.79 Å². The highest BCUT2D eigenvalue weighted by Gasteiger charge is 2.30. The Bertz CT molecular complexity index is 933. The molecule has 2 aromatic rings. The first-order valence-corrected chi connectivity index (χ1v) is 10.3. The van der Waals surface area contributed by atoms with Gasteiger partial charge < -0.3 is 19.9 Å². The number of carbonyl (C=O) groups is 3. The molecule has 1 unspecified atom stereocenters. The maximum atomic E-state index is 13.1. The fraction of sp³-hybridized carbons (Fsp3) is 0.435. The van der Waals surface area contributed by atoms with Crippen molar-refractivity contribution in [3.63, 3.8) is 0 Å². The summed E-state index contributed by atoms with van der Waals surface area (Å²) < 4.78 is 5.09. The second kappa shape index (κ2) is 10.2. The molecule has 0 aliphatic rings. The van der Waals surface area contributed by atoms with Gasteiger partial charge in [-0.2, -0.15) is 0 Å². The van der Waals surface area contributed by atoms with Crippen LogP contribution in [-0.4, -0.2) is 48.9 Å². The number of aromatic nitrogens is 1. The lowest BCUT2D eigenvalue weighted by atomic mass is 10.0. The first kappa shape index (κ1) is 23.3. The van der Waals surface area contributed by atoms with Crippen molar-refractivity contribution in [2.24, 2.45) is 0 Å². The molecule has 0 aliphatic heterocycles. The lowest BCUT2D eigenvalue weighted by molar-refractivity contribution is -0.885. The molecule has 0 fully saturated rings. The third-order valence-electron chi connectivity index (χ3n) is 5.41. The van der Waals surface area contributed by atoms with Crippen LogP contribution in [0.4, 0.5) is 5.69 Å². The van der Waals surface area contributed by atoms with E-state index in [1.54, 1.807) is 27.7 Å². The highest BCUT2D eigenvalue weighted by molar-refractivity contribution is 6.03. The number of amides is 1. The lowest BCUT2D eigenvalue weighted by Crippen LogP contribution is -3.14. The number of carbonyl (C=O) groups excluding carboxylic acids is 3. The van der Waals surface area contributed by atoms with Crippen LogP contribution in [0.25, 0.3) is 0 Å². The molecule has 0 bridgehead atoms. The second-order valence-electron chi connectivity index (χ2n) is 7.51. The number of nitrogens with one attached hydrogen (secondary N) is 3. The second-order valence-corrected chi connectivity index (χ2v) is 7.51. The molecule has 0 aliphatic carbocycles. The van der Waals surface area contributed by atoms with E-state index in [0.717, 1.165) is 22.6 Å². The summed E-state index contributed by atoms with van der Waals surface area (Å²) in [6.07, 6.45) is 0.822. The molecule has 1 aromatic heterocycles. The molecule has 1 aromatic carbocycles. The van der Waals surface area contributed by atoms with E-state index in [1.807, 2.05) is 38.2 Å². The number of hydrogen-bond acceptors (Lipinski definition) is 4. The summed E-state index contributed by atoms with van der Waals surface area (Å²) in [5.41, 5.74) is 3.84. The van der Waals surface area contributed by atoms with Crippen LogP contribution in [0, 0.1) is 13.8 Å². The molecular formula is C23H32N3O4+. The molecule has 2 rings (SSSR count). The third kappa shape index (κ3) is 5.16. The van der Waals surface area contributed by atoms with Gasteiger partial charge in [-0.1, -0.05) is 25.1 Å². The van der Waals surface area contributed by atoms with Gasteiger partial charge in [0.15, 0.2) is 12.6 Å². The number of quaternary nitrogens is 1. The van der Waals surface area contributed by atoms with Crippen LogP contribution in [0.15, 0.2) is 24.3 Å². The molecule has 7 nitrogen and oxygen atoms in total. The Morgan fingerprint density at radius 2 is 1.83 bits per heavy atom. The average Bonchev–Trinajstić information content (AvgIpc) is 3.01. The van der Waals surface area contributed by atoms with Crippen LogP contribution in [0.3, 0.4) is 0 Å². The molecule has 0 spiro atoms. The number of H-pyrrole nitrogens is 1. The van der Waals surface area contributed by atoms with Crippen LogP contribution in [-0.2, 0) is 16.0 Å². The van der Waals surface area contributed by atoms with Crippen molar-refractivity contribution in [3.05, 3.63) is 52.3 Å². The van der Waals surface area contributed by atoms with E-state index in [1.165, 1.54) is 0 Å². The number of ether oxygens (including phenoxy) is 1. The number of Topliss-reactive ketones (excluding diaryl/α,β-unsaturated/α-hetero) is 1. The fourth-order valence-corrected chi connectivity index (χ4v) is 3.50. The highest BCUT2D eigenvalue weighted by atomic mass is 16.5. The van der Waals surface area contributed by atoms with Gasteiger partial charge in [0, 0.05) is 11.4 Å². The van der Waals surface area contributed by atoms with Crippen LogP contribution >= 0.6 is 0 Å². The van der Waals surface area contributed by atoms with Gasteiger partial charge in [-0.3, -0.25) is 9.59 Å². The number of rotatable bonds is 9. The number of esters is 1. The van der Waals surface area contributed by atoms with Crippen LogP contribution in [0.2, 0.25) is 0 Å². The highest BCUT2D eigenvalue weighted by Crippen LogP contribution is 2.20. The van der Waals surface area contributed by atoms with Crippen molar-refractivity contribution in [2.45, 2.75) is 47.1 Å². The Hall–Kier alpha value is -2.93. The van der Waals surface area contributed by atoms with E-state index < -0.39 is 12.0 Å². The molecule has 0 saturated carbocycles. The third-order valence-corrected chi connectivity index (χ3v) is 5.41. The van der Waals surface area contributed by atoms with Gasteiger partial charge in [0.1, 0.15) is 0 Å². The smallest absolute Gasteiger partial charge is 0.340 e. The van der Waals surface area contributed by atoms with Crippen molar-refractivity contribution in [3.8, 4) is 0 Å². The SMILES string of the molecule is CCOC(=O)c1c(C)[nH]c(C(=O)[C@H](C)[NH+](C)CC(=O)Nc2ccccc2CC)c1C. The van der Waals surface area contributed by atoms with Gasteiger partial charge in [0.05, 0.1) is 24.9 Å². The predicted octanol–water partition coefficient (Wildman–Crippen LogP) is 2.10. The minimum absolute atomic E-state index is 0.147. The van der Waals surface area contributed by atoms with Crippen molar-refractivity contribution in [1.29, 1.82) is 0 Å².